The van der Waals surface area contributed by atoms with Crippen molar-refractivity contribution in [2.24, 2.45) is 12.0 Å². The lowest BCUT2D eigenvalue weighted by Gasteiger charge is -2.34. The van der Waals surface area contributed by atoms with Crippen LogP contribution >= 0.6 is 0 Å². The van der Waals surface area contributed by atoms with E-state index in [2.05, 4.69) is 25.6 Å². The van der Waals surface area contributed by atoms with Crippen molar-refractivity contribution in [1.29, 1.82) is 0 Å². The predicted molar refractivity (Wildman–Crippen MR) is 116 cm³/mol. The monoisotopic (exact) mass is 436 g/mol. The third-order valence-electron chi connectivity index (χ3n) is 4.96. The summed E-state index contributed by atoms with van der Waals surface area (Å²) >= 11 is 0. The number of sulfone groups is 1. The number of rotatable bonds is 7. The molecule has 1 atom stereocenters. The second kappa shape index (κ2) is 9.92. The van der Waals surface area contributed by atoms with Gasteiger partial charge in [0.15, 0.2) is 15.8 Å². The Hall–Kier alpha value is -2.62. The minimum Gasteiger partial charge on any atom is -0.367 e. The maximum atomic E-state index is 13.8. The zero-order valence-electron chi connectivity index (χ0n) is 17.4. The van der Waals surface area contributed by atoms with Crippen LogP contribution in [0.1, 0.15) is 19.8 Å². The molecule has 2 N–H and O–H groups in total. The quantitative estimate of drug-likeness (QED) is 0.506. The summed E-state index contributed by atoms with van der Waals surface area (Å²) in [5.74, 6) is -0.416. The molecule has 2 aromatic rings. The predicted octanol–water partition coefficient (Wildman–Crippen LogP) is 1.56. The van der Waals surface area contributed by atoms with Gasteiger partial charge in [-0.25, -0.2) is 12.8 Å². The molecule has 0 aliphatic carbocycles. The molecular weight excluding hydrogens is 407 g/mol. The first kappa shape index (κ1) is 22.1. The van der Waals surface area contributed by atoms with Crippen LogP contribution in [0.3, 0.4) is 0 Å². The average molecular weight is 437 g/mol. The van der Waals surface area contributed by atoms with Gasteiger partial charge in [0.25, 0.3) is 0 Å². The molecule has 1 unspecified atom stereocenters. The van der Waals surface area contributed by atoms with Crippen LogP contribution in [0.4, 0.5) is 10.1 Å². The molecule has 1 fully saturated rings. The minimum absolute atomic E-state index is 0.0467. The van der Waals surface area contributed by atoms with Gasteiger partial charge in [0.1, 0.15) is 10.7 Å². The van der Waals surface area contributed by atoms with Crippen molar-refractivity contribution >= 4 is 21.5 Å². The van der Waals surface area contributed by atoms with Crippen molar-refractivity contribution in [2.45, 2.75) is 30.7 Å². The number of benzene rings is 1. The molecule has 1 aromatic heterocycles. The van der Waals surface area contributed by atoms with Gasteiger partial charge in [-0.3, -0.25) is 9.67 Å². The van der Waals surface area contributed by atoms with Crippen molar-refractivity contribution in [3.63, 3.8) is 0 Å². The number of halogens is 1. The van der Waals surface area contributed by atoms with Crippen molar-refractivity contribution in [3.8, 4) is 0 Å². The molecule has 1 aliphatic heterocycles. The van der Waals surface area contributed by atoms with E-state index in [0.29, 0.717) is 12.5 Å². The summed E-state index contributed by atoms with van der Waals surface area (Å²) in [7, 11) is -1.83. The van der Waals surface area contributed by atoms with E-state index in [1.54, 1.807) is 4.68 Å². The van der Waals surface area contributed by atoms with Crippen LogP contribution in [0.5, 0.6) is 0 Å². The molecule has 2 heterocycles. The normalized spacial score (nSPS) is 17.8. The fraction of sp³-hybridized carbons (Fsp3) is 0.500. The van der Waals surface area contributed by atoms with E-state index in [9.17, 15) is 12.8 Å². The van der Waals surface area contributed by atoms with Crippen molar-refractivity contribution in [2.75, 3.05) is 36.8 Å². The lowest BCUT2D eigenvalue weighted by molar-refractivity contribution is 0.468. The maximum Gasteiger partial charge on any atom is 0.191 e. The van der Waals surface area contributed by atoms with Gasteiger partial charge >= 0.3 is 0 Å². The second-order valence-corrected chi connectivity index (χ2v) is 9.39. The molecule has 0 spiro atoms. The van der Waals surface area contributed by atoms with E-state index < -0.39 is 15.7 Å². The maximum absolute atomic E-state index is 13.8. The Morgan fingerprint density at radius 1 is 1.37 bits per heavy atom. The molecule has 3 rings (SSSR count). The Labute approximate surface area is 177 Å². The highest BCUT2D eigenvalue weighted by molar-refractivity contribution is 7.91. The fourth-order valence-corrected chi connectivity index (χ4v) is 4.70. The number of guanidine groups is 1. The molecular formula is C20H29FN6O2S. The van der Waals surface area contributed by atoms with E-state index in [1.165, 1.54) is 18.2 Å². The van der Waals surface area contributed by atoms with Crippen molar-refractivity contribution < 1.29 is 12.8 Å². The Balaban J connectivity index is 1.61. The fourth-order valence-electron chi connectivity index (χ4n) is 3.50. The van der Waals surface area contributed by atoms with Crippen LogP contribution in [0.25, 0.3) is 0 Å². The van der Waals surface area contributed by atoms with E-state index in [0.717, 1.165) is 37.7 Å². The Bertz CT molecular complexity index is 975. The highest BCUT2D eigenvalue weighted by Crippen LogP contribution is 2.19. The lowest BCUT2D eigenvalue weighted by atomic mass is 10.1. The van der Waals surface area contributed by atoms with E-state index in [-0.39, 0.29) is 23.2 Å². The molecule has 8 nitrogen and oxygen atoms in total. The van der Waals surface area contributed by atoms with Crippen molar-refractivity contribution in [3.05, 3.63) is 42.5 Å². The SMILES string of the molecule is CCNC(=NCCS(=O)(=O)c1ccccc1F)NC1CCCN(c2cnn(C)c2)C1. The first-order chi connectivity index (χ1) is 14.4. The Kier molecular flexibility index (Phi) is 7.30. The summed E-state index contributed by atoms with van der Waals surface area (Å²) in [6.45, 7) is 4.44. The summed E-state index contributed by atoms with van der Waals surface area (Å²) in [5.41, 5.74) is 1.09. The molecule has 0 radical (unpaired) electrons. The van der Waals surface area contributed by atoms with Gasteiger partial charge in [0.2, 0.25) is 0 Å². The molecule has 1 aromatic carbocycles. The van der Waals surface area contributed by atoms with Gasteiger partial charge in [-0.2, -0.15) is 5.10 Å². The Morgan fingerprint density at radius 2 is 2.17 bits per heavy atom. The first-order valence-corrected chi connectivity index (χ1v) is 11.8. The highest BCUT2D eigenvalue weighted by Gasteiger charge is 2.22. The lowest BCUT2D eigenvalue weighted by Crippen LogP contribution is -2.51. The number of anilines is 1. The third-order valence-corrected chi connectivity index (χ3v) is 6.69. The number of aryl methyl sites for hydroxylation is 1. The smallest absolute Gasteiger partial charge is 0.191 e. The number of piperidine rings is 1. The molecule has 0 bridgehead atoms. The minimum atomic E-state index is -3.73. The van der Waals surface area contributed by atoms with Gasteiger partial charge in [0.05, 0.1) is 24.2 Å². The molecule has 1 saturated heterocycles. The largest absolute Gasteiger partial charge is 0.367 e. The van der Waals surface area contributed by atoms with Crippen LogP contribution in [0, 0.1) is 5.82 Å². The summed E-state index contributed by atoms with van der Waals surface area (Å²) in [5, 5.41) is 10.8. The number of hydrogen-bond donors (Lipinski definition) is 2. The summed E-state index contributed by atoms with van der Waals surface area (Å²) in [6.07, 6.45) is 5.88. The first-order valence-electron chi connectivity index (χ1n) is 10.1. The molecule has 30 heavy (non-hydrogen) atoms. The number of hydrogen-bond acceptors (Lipinski definition) is 5. The highest BCUT2D eigenvalue weighted by atomic mass is 32.2. The zero-order valence-corrected chi connectivity index (χ0v) is 18.2. The van der Waals surface area contributed by atoms with Gasteiger partial charge in [-0.05, 0) is 31.9 Å². The van der Waals surface area contributed by atoms with Gasteiger partial charge in [0, 0.05) is 38.9 Å². The second-order valence-electron chi connectivity index (χ2n) is 7.31. The molecule has 1 aliphatic rings. The van der Waals surface area contributed by atoms with E-state index in [1.807, 2.05) is 26.4 Å². The molecule has 0 amide bonds. The van der Waals surface area contributed by atoms with E-state index >= 15 is 0 Å². The summed E-state index contributed by atoms with van der Waals surface area (Å²) < 4.78 is 40.5. The number of nitrogens with one attached hydrogen (secondary N) is 2. The van der Waals surface area contributed by atoms with Gasteiger partial charge < -0.3 is 15.5 Å². The number of nitrogens with zero attached hydrogens (tertiary/aromatic N) is 4. The summed E-state index contributed by atoms with van der Waals surface area (Å²) in [4.78, 5) is 6.41. The van der Waals surface area contributed by atoms with Crippen LogP contribution < -0.4 is 15.5 Å². The van der Waals surface area contributed by atoms with Crippen LogP contribution in [0.2, 0.25) is 0 Å². The summed E-state index contributed by atoms with van der Waals surface area (Å²) in [6, 6.07) is 5.60. The van der Waals surface area contributed by atoms with Crippen LogP contribution in [-0.2, 0) is 16.9 Å². The topological polar surface area (TPSA) is 91.6 Å². The number of aromatic nitrogens is 2. The standard InChI is InChI=1S/C20H29FN6O2S/c1-3-22-20(23-10-12-30(28,29)19-9-5-4-8-18(19)21)25-16-7-6-11-27(14-16)17-13-24-26(2)15-17/h4-5,8-9,13,15-16H,3,6-7,10-12,14H2,1-2H3,(H2,22,23,25). The van der Waals surface area contributed by atoms with Crippen molar-refractivity contribution in [1.82, 2.24) is 20.4 Å². The van der Waals surface area contributed by atoms with Crippen LogP contribution in [-0.4, -0.2) is 62.1 Å². The third kappa shape index (κ3) is 5.71. The van der Waals surface area contributed by atoms with Gasteiger partial charge in [-0.1, -0.05) is 12.1 Å². The van der Waals surface area contributed by atoms with Gasteiger partial charge in [-0.15, -0.1) is 0 Å². The average Bonchev–Trinajstić information content (AvgIpc) is 3.15. The zero-order chi connectivity index (χ0) is 21.6. The van der Waals surface area contributed by atoms with Crippen LogP contribution in [0.15, 0.2) is 46.5 Å². The molecule has 0 saturated carbocycles. The molecule has 10 heteroatoms. The number of aliphatic imine (C=N–C) groups is 1. The Morgan fingerprint density at radius 3 is 2.87 bits per heavy atom. The molecule has 164 valence electrons. The van der Waals surface area contributed by atoms with E-state index in [4.69, 9.17) is 0 Å².